The fraction of sp³-hybridized carbons (Fsp3) is 0. The molecular formula is H54O59Si27. The minimum atomic E-state index is -6.54. The van der Waals surface area contributed by atoms with E-state index < -0.39 is 220 Å². The quantitative estimate of drug-likeness (QED) is 0.0753. The maximum absolute atomic E-state index is 11.0. The second-order valence-corrected chi connectivity index (χ2v) is 159. The molecule has 0 aromatic heterocycles. The largest absolute Gasteiger partial charge is 0.665 e. The molecule has 86 heavy (non-hydrogen) atoms. The Morgan fingerprint density at radius 1 is 0.291 bits per heavy atom. The van der Waals surface area contributed by atoms with Gasteiger partial charge >= 0.3 is 194 Å². The molecule has 0 radical (unpaired) electrons. The third-order valence-corrected chi connectivity index (χ3v) is 255. The van der Waals surface area contributed by atoms with E-state index in [1.807, 2.05) is 0 Å². The maximum atomic E-state index is 11.0. The van der Waals surface area contributed by atoms with Crippen molar-refractivity contribution in [1.82, 2.24) is 0 Å². The van der Waals surface area contributed by atoms with Gasteiger partial charge < -0.3 is 277 Å². The van der Waals surface area contributed by atoms with E-state index >= 15 is 0 Å². The average Bonchev–Trinajstić information content (AvgIpc) is 3.70. The molecule has 0 aromatic rings. The molecule has 10 fully saturated rings. The number of rotatable bonds is 9. The first-order valence-electron chi connectivity index (χ1n) is 19.7. The van der Waals surface area contributed by atoms with Crippen molar-refractivity contribution < 1.29 is 277 Å². The van der Waals surface area contributed by atoms with Gasteiger partial charge in [-0.3, -0.25) is 0 Å². The van der Waals surface area contributed by atoms with Gasteiger partial charge in [0.25, 0.3) is 26.2 Å². The summed E-state index contributed by atoms with van der Waals surface area (Å²) in [4.78, 5) is 428. The van der Waals surface area contributed by atoms with E-state index in [1.165, 1.54) is 0 Å². The SMILES string of the molecule is O.O.O[SiH]1[Si]2(O)O[Si]3(O)[Si](O)(O)[Si]4(O)O[Si]1(O)[Si](O)(O)[Si](O)(O[Si](O)([Si]3(O)O)[Si]4(O)O)[SiH]2O.O[Si](O)(O)O[Si](O)(O)O[Si](O)(O)O[Si](O)(O)O[Si](O)(O)O.O[Si](O)(O)[Si](O)(O)O.O[Si]1(O)O[SiH2]O1.O[Si]1(O)O[Si]1(O)O.O[Si]1(O)[Si]2(O)O[Si]1(O)[Si]2(O)O. The van der Waals surface area contributed by atoms with E-state index in [0.717, 1.165) is 0 Å². The highest BCUT2D eigenvalue weighted by atomic mass is 30.3. The molecular weight excluding hydrogens is 1700 g/mol. The summed E-state index contributed by atoms with van der Waals surface area (Å²) in [6.07, 6.45) is 0. The van der Waals surface area contributed by atoms with Crippen LogP contribution in [0.5, 0.6) is 0 Å². The van der Waals surface area contributed by atoms with E-state index in [9.17, 15) is 76.7 Å². The van der Waals surface area contributed by atoms with Gasteiger partial charge in [0.15, 0.2) is 0 Å². The molecule has 50 N–H and O–H groups in total. The monoisotopic (exact) mass is 1750 g/mol. The van der Waals surface area contributed by atoms with Crippen LogP contribution >= 0.6 is 0 Å². The molecule has 0 amide bonds. The summed E-state index contributed by atoms with van der Waals surface area (Å²) in [6.45, 7) is 0. The molecule has 10 heterocycles. The minimum absolute atomic E-state index is 0. The molecule has 6 unspecified atom stereocenters. The predicted octanol–water partition coefficient (Wildman–Crippen LogP) is -39.4. The van der Waals surface area contributed by atoms with Crippen LogP contribution in [0.4, 0.5) is 0 Å². The Kier molecular flexibility index (Phi) is 25.2. The van der Waals surface area contributed by atoms with Crippen molar-refractivity contribution >= 4 is 220 Å². The van der Waals surface area contributed by atoms with E-state index in [2.05, 4.69) is 32.9 Å². The van der Waals surface area contributed by atoms with E-state index in [1.54, 1.807) is 0 Å². The Hall–Kier alpha value is 3.50. The topological polar surface area (TPSA) is 1100 Å². The molecule has 10 saturated heterocycles. The van der Waals surface area contributed by atoms with Gasteiger partial charge in [-0.05, 0) is 0 Å². The first kappa shape index (κ1) is 87.5. The Morgan fingerprint density at radius 2 is 0.488 bits per heavy atom. The Morgan fingerprint density at radius 3 is 0.651 bits per heavy atom. The van der Waals surface area contributed by atoms with E-state index in [0.29, 0.717) is 0 Å². The normalized spacial score (nSPS) is 38.7. The highest BCUT2D eigenvalue weighted by Crippen LogP contribution is 2.56. The summed E-state index contributed by atoms with van der Waals surface area (Å²) in [6, 6.07) is 0. The molecule has 8 bridgehead atoms. The van der Waals surface area contributed by atoms with Crippen LogP contribution < -0.4 is 0 Å². The second-order valence-electron chi connectivity index (χ2n) is 17.4. The van der Waals surface area contributed by atoms with Gasteiger partial charge in [-0.15, -0.1) is 0 Å². The molecule has 86 heteroatoms. The van der Waals surface area contributed by atoms with Crippen LogP contribution in [0.25, 0.3) is 0 Å². The van der Waals surface area contributed by atoms with Gasteiger partial charge in [0.05, 0.1) is 0 Å². The molecule has 6 atom stereocenters. The lowest BCUT2D eigenvalue weighted by molar-refractivity contribution is -0.0165. The Balaban J connectivity index is 0.000000576. The van der Waals surface area contributed by atoms with Crippen molar-refractivity contribution in [3.63, 3.8) is 0 Å². The van der Waals surface area contributed by atoms with Crippen LogP contribution in [0.3, 0.4) is 0 Å². The molecule has 0 spiro atoms. The van der Waals surface area contributed by atoms with Crippen molar-refractivity contribution in [3.8, 4) is 0 Å². The van der Waals surface area contributed by atoms with Crippen LogP contribution in [0.15, 0.2) is 0 Å². The summed E-state index contributed by atoms with van der Waals surface area (Å²) >= 11 is 0. The number of hydrogen-bond donors (Lipinski definition) is 46. The minimum Gasteiger partial charge on any atom is -0.431 e. The lowest BCUT2D eigenvalue weighted by Gasteiger charge is -2.69. The fourth-order valence-corrected chi connectivity index (χ4v) is 389. The average molecular weight is 1760 g/mol. The summed E-state index contributed by atoms with van der Waals surface area (Å²) < 4.78 is 45.2. The lowest BCUT2D eigenvalue weighted by Crippen LogP contribution is -3.21. The summed E-state index contributed by atoms with van der Waals surface area (Å²) in [5.41, 5.74) is 0. The molecule has 0 aliphatic carbocycles. The zero-order valence-electron chi connectivity index (χ0n) is 39.9. The van der Waals surface area contributed by atoms with Gasteiger partial charge in [-0.2, -0.15) is 0 Å². The zero-order chi connectivity index (χ0) is 67.6. The van der Waals surface area contributed by atoms with Crippen molar-refractivity contribution in [3.05, 3.63) is 0 Å². The van der Waals surface area contributed by atoms with Crippen LogP contribution in [0.1, 0.15) is 0 Å². The van der Waals surface area contributed by atoms with Gasteiger partial charge in [-0.1, -0.05) is 0 Å². The van der Waals surface area contributed by atoms with E-state index in [-0.39, 0.29) is 11.0 Å². The third-order valence-electron chi connectivity index (χ3n) is 11.1. The predicted molar refractivity (Wildman–Crippen MR) is 282 cm³/mol. The number of hydrogen-bond acceptors (Lipinski definition) is 57. The van der Waals surface area contributed by atoms with Crippen molar-refractivity contribution in [2.24, 2.45) is 0 Å². The van der Waals surface area contributed by atoms with E-state index in [4.69, 9.17) is 156 Å². The summed E-state index contributed by atoms with van der Waals surface area (Å²) in [5, 5.41) is 0. The third kappa shape index (κ3) is 14.4. The van der Waals surface area contributed by atoms with Crippen LogP contribution in [0.2, 0.25) is 0 Å². The lowest BCUT2D eigenvalue weighted by atomic mass is 15.5. The van der Waals surface area contributed by atoms with Gasteiger partial charge in [0.1, 0.15) is 0 Å². The van der Waals surface area contributed by atoms with Crippen LogP contribution in [-0.2, 0) is 45.3 Å². The van der Waals surface area contributed by atoms with Crippen molar-refractivity contribution in [2.45, 2.75) is 0 Å². The molecule has 0 saturated carbocycles. The molecule has 516 valence electrons. The van der Waals surface area contributed by atoms with Crippen molar-refractivity contribution in [1.29, 1.82) is 0 Å². The Labute approximate surface area is 493 Å². The van der Waals surface area contributed by atoms with Crippen molar-refractivity contribution in [2.75, 3.05) is 0 Å². The van der Waals surface area contributed by atoms with Gasteiger partial charge in [0.2, 0.25) is 0 Å². The molecule has 59 nitrogen and oxygen atoms in total. The molecule has 0 aromatic carbocycles. The Bertz CT molecular complexity index is 2190. The maximum Gasteiger partial charge on any atom is 0.665 e. The fourth-order valence-electron chi connectivity index (χ4n) is 6.64. The van der Waals surface area contributed by atoms with Crippen LogP contribution in [-0.4, -0.2) is 452 Å². The second kappa shape index (κ2) is 24.7. The molecule has 10 rings (SSSR count). The summed E-state index contributed by atoms with van der Waals surface area (Å²) in [7, 11) is -140. The van der Waals surface area contributed by atoms with Gasteiger partial charge in [-0.25, -0.2) is 0 Å². The first-order chi connectivity index (χ1) is 35.9. The summed E-state index contributed by atoms with van der Waals surface area (Å²) in [5.74, 6) is 0. The van der Waals surface area contributed by atoms with Crippen LogP contribution in [0, 0.1) is 0 Å². The standard InChI is InChI=1S/H18O19Si12.H12O16Si5.H6O7Si4.H6O6Si2.H4O5Si2.H4O4Si2.2H2O/c1-20-26(11)17-29(14)23(5,6)30(15)18-27(20,12)22(3,4)28(13,21(26)2)19-31(16,24(29,7)8)25(30,9)10;1-17(2,3)13-19(7,8)15-21(11,12)16-20(9,10)14-18(4,5)6;1-8(2)10(5)7-11(8,6)9(10,3)4;1-7(2,3)8(4,5)6;1-6(2)5-7(6,3)4;1-6(2)3-5-4-6;;/h1-16,20-21H;1-12H;1-6H;1-6H;1-4H;1-2H,5H2;2*1H2. The highest BCUT2D eigenvalue weighted by molar-refractivity contribution is 8.12. The molecule has 10 aliphatic rings. The van der Waals surface area contributed by atoms with Gasteiger partial charge in [0, 0.05) is 0 Å². The highest BCUT2D eigenvalue weighted by Gasteiger charge is 3.14. The smallest absolute Gasteiger partial charge is 0.431 e. The first-order valence-corrected chi connectivity index (χ1v) is 86.9. The zero-order valence-corrected chi connectivity index (χ0v) is 67.6. The molecule has 10 aliphatic heterocycles.